The van der Waals surface area contributed by atoms with Crippen LogP contribution in [0.2, 0.25) is 0 Å². The standard InChI is InChI=1S/C23H16O4S2/c1-13-2-4-14(5-3-13)21-17-10-11-20(29)19(12-18(17)26-23(21)25)27-22(24)15-6-8-16(28)9-7-15/h2-12,25,28H,1H3. The molecule has 0 aliphatic heterocycles. The first-order chi connectivity index (χ1) is 13.9. The van der Waals surface area contributed by atoms with E-state index >= 15 is 0 Å². The number of aryl methyl sites for hydroxylation is 1. The summed E-state index contributed by atoms with van der Waals surface area (Å²) >= 11 is 9.59. The number of carbonyl (C=O) groups excluding carboxylic acids is 1. The van der Waals surface area contributed by atoms with Gasteiger partial charge in [0.25, 0.3) is 5.95 Å². The average molecular weight is 421 g/mol. The van der Waals surface area contributed by atoms with Crippen molar-refractivity contribution in [2.24, 2.45) is 0 Å². The van der Waals surface area contributed by atoms with Gasteiger partial charge in [-0.2, -0.15) is 0 Å². The Morgan fingerprint density at radius 2 is 1.72 bits per heavy atom. The number of benzene rings is 2. The number of hydrogen-bond donors (Lipinski definition) is 2. The van der Waals surface area contributed by atoms with E-state index in [1.165, 1.54) is 6.07 Å². The maximum Gasteiger partial charge on any atom is 0.343 e. The Kier molecular flexibility index (Phi) is 5.13. The third kappa shape index (κ3) is 3.90. The highest BCUT2D eigenvalue weighted by molar-refractivity contribution is 7.80. The topological polar surface area (TPSA) is 59.7 Å². The first-order valence-corrected chi connectivity index (χ1v) is 9.66. The number of hydrogen-bond acceptors (Lipinski definition) is 6. The molecule has 0 amide bonds. The Hall–Kier alpha value is -3.09. The number of aromatic hydroxyl groups is 1. The van der Waals surface area contributed by atoms with E-state index < -0.39 is 5.97 Å². The minimum atomic E-state index is -0.543. The van der Waals surface area contributed by atoms with E-state index in [2.05, 4.69) is 12.6 Å². The largest absolute Gasteiger partial charge is 0.480 e. The maximum absolute atomic E-state index is 12.5. The lowest BCUT2D eigenvalue weighted by molar-refractivity contribution is 0.0734. The molecule has 0 bridgehead atoms. The molecule has 0 saturated carbocycles. The van der Waals surface area contributed by atoms with Crippen molar-refractivity contribution >= 4 is 41.8 Å². The van der Waals surface area contributed by atoms with Crippen molar-refractivity contribution < 1.29 is 19.1 Å². The normalized spacial score (nSPS) is 10.8. The van der Waals surface area contributed by atoms with Crippen LogP contribution < -0.4 is 4.74 Å². The summed E-state index contributed by atoms with van der Waals surface area (Å²) < 4.78 is 11.4. The van der Waals surface area contributed by atoms with E-state index in [-0.39, 0.29) is 11.7 Å². The van der Waals surface area contributed by atoms with Gasteiger partial charge in [-0.3, -0.25) is 0 Å². The van der Waals surface area contributed by atoms with Crippen molar-refractivity contribution in [2.45, 2.75) is 11.8 Å². The number of esters is 1. The Morgan fingerprint density at radius 1 is 1.03 bits per heavy atom. The summed E-state index contributed by atoms with van der Waals surface area (Å²) in [4.78, 5) is 13.2. The third-order valence-corrected chi connectivity index (χ3v) is 5.14. The Bertz CT molecular complexity index is 1270. The number of rotatable bonds is 3. The van der Waals surface area contributed by atoms with Gasteiger partial charge in [0, 0.05) is 16.3 Å². The summed E-state index contributed by atoms with van der Waals surface area (Å²) in [6.45, 7) is 1.99. The molecule has 0 saturated heterocycles. The molecule has 1 N–H and O–H groups in total. The van der Waals surface area contributed by atoms with Crippen LogP contribution in [0.5, 0.6) is 11.7 Å². The van der Waals surface area contributed by atoms with Gasteiger partial charge in [-0.1, -0.05) is 42.0 Å². The zero-order valence-electron chi connectivity index (χ0n) is 15.4. The van der Waals surface area contributed by atoms with E-state index in [1.54, 1.807) is 36.4 Å². The molecule has 0 radical (unpaired) electrons. The molecule has 1 aromatic heterocycles. The minimum Gasteiger partial charge on any atom is -0.480 e. The number of carbonyl (C=O) groups is 1. The van der Waals surface area contributed by atoms with Gasteiger partial charge < -0.3 is 14.3 Å². The number of ether oxygens (including phenoxy) is 1. The molecule has 1 heterocycles. The molecule has 0 spiro atoms. The van der Waals surface area contributed by atoms with Gasteiger partial charge in [-0.05, 0) is 48.9 Å². The zero-order valence-corrected chi connectivity index (χ0v) is 17.1. The van der Waals surface area contributed by atoms with Crippen LogP contribution in [0.4, 0.5) is 0 Å². The van der Waals surface area contributed by atoms with Gasteiger partial charge in [0.05, 0.1) is 15.6 Å². The molecule has 0 aliphatic rings. The molecule has 144 valence electrons. The van der Waals surface area contributed by atoms with Crippen molar-refractivity contribution in [1.29, 1.82) is 0 Å². The molecule has 6 heteroatoms. The van der Waals surface area contributed by atoms with Gasteiger partial charge in [-0.15, -0.1) is 12.6 Å². The summed E-state index contributed by atoms with van der Waals surface area (Å²) in [7, 11) is 0. The van der Waals surface area contributed by atoms with E-state index in [0.29, 0.717) is 26.6 Å². The lowest BCUT2D eigenvalue weighted by Crippen LogP contribution is -2.08. The van der Waals surface area contributed by atoms with Gasteiger partial charge in [0.1, 0.15) is 5.58 Å². The molecule has 0 atom stereocenters. The molecule has 4 nitrogen and oxygen atoms in total. The maximum atomic E-state index is 12.5. The second-order valence-corrected chi connectivity index (χ2v) is 7.52. The highest BCUT2D eigenvalue weighted by atomic mass is 32.1. The highest BCUT2D eigenvalue weighted by Gasteiger charge is 2.17. The molecule has 4 rings (SSSR count). The number of furan rings is 1. The van der Waals surface area contributed by atoms with Crippen molar-refractivity contribution in [3.05, 3.63) is 82.4 Å². The van der Waals surface area contributed by atoms with Crippen LogP contribution in [-0.2, 0) is 0 Å². The summed E-state index contributed by atoms with van der Waals surface area (Å²) in [6, 6.07) is 19.3. The van der Waals surface area contributed by atoms with Crippen molar-refractivity contribution in [3.63, 3.8) is 0 Å². The quantitative estimate of drug-likeness (QED) is 0.230. The van der Waals surface area contributed by atoms with E-state index in [0.717, 1.165) is 16.0 Å². The SMILES string of the molecule is Cc1ccc(-c2c(O)oc3cc(OC(=O)c4ccc(S)cc4)c(=S)ccc23)cc1. The fourth-order valence-corrected chi connectivity index (χ4v) is 3.31. The Balaban J connectivity index is 1.78. The summed E-state index contributed by atoms with van der Waals surface area (Å²) in [5.74, 6) is -0.569. The molecule has 29 heavy (non-hydrogen) atoms. The monoisotopic (exact) mass is 420 g/mol. The second kappa shape index (κ2) is 7.73. The smallest absolute Gasteiger partial charge is 0.343 e. The van der Waals surface area contributed by atoms with Gasteiger partial charge in [-0.25, -0.2) is 4.79 Å². The first kappa shape index (κ1) is 19.2. The lowest BCUT2D eigenvalue weighted by atomic mass is 10.0. The Morgan fingerprint density at radius 3 is 2.41 bits per heavy atom. The predicted octanol–water partition coefficient (Wildman–Crippen LogP) is 6.35. The third-order valence-electron chi connectivity index (χ3n) is 4.51. The summed E-state index contributed by atoms with van der Waals surface area (Å²) in [5, 5.41) is 11.0. The summed E-state index contributed by atoms with van der Waals surface area (Å²) in [6.07, 6.45) is 0. The lowest BCUT2D eigenvalue weighted by Gasteiger charge is -2.03. The van der Waals surface area contributed by atoms with E-state index in [1.807, 2.05) is 31.2 Å². The molecular formula is C23H16O4S2. The van der Waals surface area contributed by atoms with Crippen LogP contribution in [-0.4, -0.2) is 11.1 Å². The molecular weight excluding hydrogens is 404 g/mol. The van der Waals surface area contributed by atoms with E-state index in [9.17, 15) is 9.90 Å². The van der Waals surface area contributed by atoms with Gasteiger partial charge in [0.15, 0.2) is 5.75 Å². The van der Waals surface area contributed by atoms with Crippen LogP contribution in [0, 0.1) is 11.4 Å². The number of thiol groups is 1. The fourth-order valence-electron chi connectivity index (χ4n) is 2.99. The van der Waals surface area contributed by atoms with Crippen molar-refractivity contribution in [1.82, 2.24) is 0 Å². The van der Waals surface area contributed by atoms with Gasteiger partial charge >= 0.3 is 5.97 Å². The summed E-state index contributed by atoms with van der Waals surface area (Å²) in [5.41, 5.74) is 3.23. The van der Waals surface area contributed by atoms with Crippen molar-refractivity contribution in [2.75, 3.05) is 0 Å². The van der Waals surface area contributed by atoms with Crippen LogP contribution in [0.25, 0.3) is 22.1 Å². The van der Waals surface area contributed by atoms with Crippen LogP contribution in [0.3, 0.4) is 0 Å². The molecule has 4 aromatic rings. The second-order valence-electron chi connectivity index (χ2n) is 6.57. The minimum absolute atomic E-state index is 0.180. The highest BCUT2D eigenvalue weighted by Crippen LogP contribution is 2.40. The first-order valence-electron chi connectivity index (χ1n) is 8.80. The van der Waals surface area contributed by atoms with Gasteiger partial charge in [0.2, 0.25) is 0 Å². The molecule has 3 aromatic carbocycles. The van der Waals surface area contributed by atoms with Crippen LogP contribution >= 0.6 is 24.8 Å². The van der Waals surface area contributed by atoms with Crippen LogP contribution in [0.15, 0.2) is 76.0 Å². The van der Waals surface area contributed by atoms with Crippen molar-refractivity contribution in [3.8, 4) is 22.8 Å². The van der Waals surface area contributed by atoms with Crippen LogP contribution in [0.1, 0.15) is 15.9 Å². The van der Waals surface area contributed by atoms with E-state index in [4.69, 9.17) is 21.4 Å². The number of fused-ring (bicyclic) bond motifs is 1. The zero-order chi connectivity index (χ0) is 20.5. The fraction of sp³-hybridized carbons (Fsp3) is 0.0435. The molecule has 0 aliphatic carbocycles. The predicted molar refractivity (Wildman–Crippen MR) is 118 cm³/mol. The molecule has 0 unspecified atom stereocenters. The Labute approximate surface area is 177 Å². The average Bonchev–Trinajstić information content (AvgIpc) is 2.93. The molecule has 0 fully saturated rings.